The van der Waals surface area contributed by atoms with E-state index in [1.165, 1.54) is 0 Å². The molecule has 0 amide bonds. The minimum Gasteiger partial charge on any atom is -0.480 e. The first-order valence-corrected chi connectivity index (χ1v) is 5.80. The first kappa shape index (κ1) is 15.8. The molecule has 1 aromatic carbocycles. The van der Waals surface area contributed by atoms with Crippen molar-refractivity contribution in [3.63, 3.8) is 0 Å². The van der Waals surface area contributed by atoms with E-state index >= 15 is 0 Å². The van der Waals surface area contributed by atoms with E-state index in [2.05, 4.69) is 5.32 Å². The Bertz CT molecular complexity index is 520. The van der Waals surface area contributed by atoms with Crippen molar-refractivity contribution in [1.29, 1.82) is 0 Å². The summed E-state index contributed by atoms with van der Waals surface area (Å²) in [6.45, 7) is 3.25. The van der Waals surface area contributed by atoms with Gasteiger partial charge in [0.15, 0.2) is 0 Å². The van der Waals surface area contributed by atoms with Gasteiger partial charge in [-0.25, -0.2) is 13.6 Å². The molecule has 2 N–H and O–H groups in total. The van der Waals surface area contributed by atoms with Crippen molar-refractivity contribution in [2.75, 3.05) is 5.32 Å². The standard InChI is InChI=1S/C12H14F2N2O4/c1-6(2)10(12(17)18)15-9-4-3-7(16(19)20)5-8(9)11(13)14/h3-6,10-11,15H,1-2H3,(H,17,18). The Hall–Kier alpha value is -2.25. The van der Waals surface area contributed by atoms with Gasteiger partial charge in [-0.2, -0.15) is 0 Å². The lowest BCUT2D eigenvalue weighted by Gasteiger charge is -2.21. The summed E-state index contributed by atoms with van der Waals surface area (Å²) in [5.41, 5.74) is -1.18. The zero-order chi connectivity index (χ0) is 15.4. The SMILES string of the molecule is CC(C)C(Nc1ccc([N+](=O)[O-])cc1C(F)F)C(=O)O. The van der Waals surface area contributed by atoms with E-state index in [0.29, 0.717) is 0 Å². The third-order valence-electron chi connectivity index (χ3n) is 2.72. The van der Waals surface area contributed by atoms with Crippen LogP contribution in [0.25, 0.3) is 0 Å². The number of aliphatic carboxylic acids is 1. The summed E-state index contributed by atoms with van der Waals surface area (Å²) in [5, 5.41) is 22.1. The van der Waals surface area contributed by atoms with Crippen LogP contribution in [0.5, 0.6) is 0 Å². The van der Waals surface area contributed by atoms with Crippen molar-refractivity contribution in [3.8, 4) is 0 Å². The van der Waals surface area contributed by atoms with Crippen molar-refractivity contribution in [2.45, 2.75) is 26.3 Å². The molecule has 1 rings (SSSR count). The van der Waals surface area contributed by atoms with Gasteiger partial charge >= 0.3 is 5.97 Å². The third kappa shape index (κ3) is 3.62. The smallest absolute Gasteiger partial charge is 0.326 e. The summed E-state index contributed by atoms with van der Waals surface area (Å²) in [4.78, 5) is 20.8. The third-order valence-corrected chi connectivity index (χ3v) is 2.72. The molecule has 0 radical (unpaired) electrons. The monoisotopic (exact) mass is 288 g/mol. The Labute approximate surface area is 113 Å². The van der Waals surface area contributed by atoms with E-state index in [4.69, 9.17) is 5.11 Å². The molecular formula is C12H14F2N2O4. The van der Waals surface area contributed by atoms with Crippen molar-refractivity contribution in [2.24, 2.45) is 5.92 Å². The molecule has 1 unspecified atom stereocenters. The van der Waals surface area contributed by atoms with Gasteiger partial charge in [0.25, 0.3) is 12.1 Å². The van der Waals surface area contributed by atoms with Crippen LogP contribution in [0.3, 0.4) is 0 Å². The maximum Gasteiger partial charge on any atom is 0.326 e. The van der Waals surface area contributed by atoms with Crippen LogP contribution in [0.2, 0.25) is 0 Å². The summed E-state index contributed by atoms with van der Waals surface area (Å²) < 4.78 is 25.8. The van der Waals surface area contributed by atoms with Crippen molar-refractivity contribution >= 4 is 17.3 Å². The van der Waals surface area contributed by atoms with Crippen LogP contribution < -0.4 is 5.32 Å². The van der Waals surface area contributed by atoms with Gasteiger partial charge < -0.3 is 10.4 Å². The number of nitro groups is 1. The number of alkyl halides is 2. The van der Waals surface area contributed by atoms with E-state index in [0.717, 1.165) is 18.2 Å². The Morgan fingerprint density at radius 3 is 2.40 bits per heavy atom. The lowest BCUT2D eigenvalue weighted by atomic mass is 10.0. The molecule has 0 aliphatic heterocycles. The minimum atomic E-state index is -2.95. The first-order chi connectivity index (χ1) is 9.23. The molecule has 0 fully saturated rings. The number of carboxylic acid groups (broad SMARTS) is 1. The van der Waals surface area contributed by atoms with E-state index in [1.54, 1.807) is 13.8 Å². The quantitative estimate of drug-likeness (QED) is 0.620. The summed E-state index contributed by atoms with van der Waals surface area (Å²) in [5.74, 6) is -1.52. The fraction of sp³-hybridized carbons (Fsp3) is 0.417. The maximum atomic E-state index is 12.9. The molecule has 20 heavy (non-hydrogen) atoms. The van der Waals surface area contributed by atoms with E-state index < -0.39 is 34.6 Å². The molecular weight excluding hydrogens is 274 g/mol. The number of carboxylic acids is 1. The minimum absolute atomic E-state index is 0.119. The van der Waals surface area contributed by atoms with Crippen LogP contribution in [-0.4, -0.2) is 22.0 Å². The summed E-state index contributed by atoms with van der Waals surface area (Å²) in [6.07, 6.45) is -2.95. The number of hydrogen-bond acceptors (Lipinski definition) is 4. The van der Waals surface area contributed by atoms with Crippen LogP contribution in [0.1, 0.15) is 25.8 Å². The van der Waals surface area contributed by atoms with Gasteiger partial charge in [0.2, 0.25) is 0 Å². The lowest BCUT2D eigenvalue weighted by molar-refractivity contribution is -0.385. The largest absolute Gasteiger partial charge is 0.480 e. The Morgan fingerprint density at radius 2 is 2.00 bits per heavy atom. The second-order valence-corrected chi connectivity index (χ2v) is 4.53. The molecule has 110 valence electrons. The maximum absolute atomic E-state index is 12.9. The highest BCUT2D eigenvalue weighted by Crippen LogP contribution is 2.31. The van der Waals surface area contributed by atoms with E-state index in [-0.39, 0.29) is 11.6 Å². The fourth-order valence-electron chi connectivity index (χ4n) is 1.66. The van der Waals surface area contributed by atoms with Gasteiger partial charge in [-0.1, -0.05) is 13.8 Å². The number of nitrogens with one attached hydrogen (secondary N) is 1. The van der Waals surface area contributed by atoms with Crippen molar-refractivity contribution < 1.29 is 23.6 Å². The lowest BCUT2D eigenvalue weighted by Crippen LogP contribution is -2.34. The predicted octanol–water partition coefficient (Wildman–Crippen LogP) is 3.05. The zero-order valence-corrected chi connectivity index (χ0v) is 10.8. The fourth-order valence-corrected chi connectivity index (χ4v) is 1.66. The highest BCUT2D eigenvalue weighted by atomic mass is 19.3. The molecule has 8 heteroatoms. The second kappa shape index (κ2) is 6.27. The van der Waals surface area contributed by atoms with Crippen LogP contribution in [0.4, 0.5) is 20.2 Å². The zero-order valence-electron chi connectivity index (χ0n) is 10.8. The molecule has 1 aromatic rings. The average molecular weight is 288 g/mol. The number of carbonyl (C=O) groups is 1. The molecule has 0 aliphatic rings. The molecule has 0 aliphatic carbocycles. The molecule has 0 saturated carbocycles. The van der Waals surface area contributed by atoms with Crippen LogP contribution in [0, 0.1) is 16.0 Å². The highest BCUT2D eigenvalue weighted by Gasteiger charge is 2.25. The highest BCUT2D eigenvalue weighted by molar-refractivity contribution is 5.78. The molecule has 6 nitrogen and oxygen atoms in total. The van der Waals surface area contributed by atoms with Gasteiger partial charge in [0.05, 0.1) is 4.92 Å². The number of halogens is 2. The number of nitrogens with zero attached hydrogens (tertiary/aromatic N) is 1. The Balaban J connectivity index is 3.17. The van der Waals surface area contributed by atoms with Crippen LogP contribution in [-0.2, 0) is 4.79 Å². The normalized spacial score (nSPS) is 12.5. The topological polar surface area (TPSA) is 92.5 Å². The number of anilines is 1. The van der Waals surface area contributed by atoms with Crippen molar-refractivity contribution in [1.82, 2.24) is 0 Å². The number of non-ortho nitro benzene ring substituents is 1. The van der Waals surface area contributed by atoms with Gasteiger partial charge in [-0.05, 0) is 12.0 Å². The van der Waals surface area contributed by atoms with Crippen molar-refractivity contribution in [3.05, 3.63) is 33.9 Å². The number of rotatable bonds is 6. The second-order valence-electron chi connectivity index (χ2n) is 4.53. The van der Waals surface area contributed by atoms with Gasteiger partial charge in [-0.15, -0.1) is 0 Å². The average Bonchev–Trinajstić information content (AvgIpc) is 2.34. The molecule has 0 bridgehead atoms. The van der Waals surface area contributed by atoms with Gasteiger partial charge in [0, 0.05) is 23.4 Å². The summed E-state index contributed by atoms with van der Waals surface area (Å²) >= 11 is 0. The molecule has 1 atom stereocenters. The van der Waals surface area contributed by atoms with E-state index in [9.17, 15) is 23.7 Å². The summed E-state index contributed by atoms with van der Waals surface area (Å²) in [6, 6.07) is 1.83. The Morgan fingerprint density at radius 1 is 1.40 bits per heavy atom. The van der Waals surface area contributed by atoms with Crippen LogP contribution >= 0.6 is 0 Å². The molecule has 0 aromatic heterocycles. The Kier molecular flexibility index (Phi) is 4.95. The number of nitro benzene ring substituents is 1. The van der Waals surface area contributed by atoms with Gasteiger partial charge in [-0.3, -0.25) is 10.1 Å². The molecule has 0 saturated heterocycles. The molecule has 0 spiro atoms. The predicted molar refractivity (Wildman–Crippen MR) is 67.9 cm³/mol. The van der Waals surface area contributed by atoms with E-state index in [1.807, 2.05) is 0 Å². The first-order valence-electron chi connectivity index (χ1n) is 5.80. The number of hydrogen-bond donors (Lipinski definition) is 2. The number of benzene rings is 1. The van der Waals surface area contributed by atoms with Crippen LogP contribution in [0.15, 0.2) is 18.2 Å². The molecule has 0 heterocycles. The summed E-state index contributed by atoms with van der Waals surface area (Å²) in [7, 11) is 0. The van der Waals surface area contributed by atoms with Gasteiger partial charge in [0.1, 0.15) is 6.04 Å².